The number of hydrogen-bond donors (Lipinski definition) is 0. The Morgan fingerprint density at radius 2 is 0.222 bits per heavy atom. The summed E-state index contributed by atoms with van der Waals surface area (Å²) < 4.78 is 0. The average Bonchev–Trinajstić information content (AvgIpc) is 0. The van der Waals surface area contributed by atoms with Crippen LogP contribution in [0.5, 0.6) is 0 Å². The fourth-order valence-electron chi connectivity index (χ4n) is 0. The van der Waals surface area contributed by atoms with Crippen molar-refractivity contribution in [2.75, 3.05) is 0 Å². The first-order valence-corrected chi connectivity index (χ1v) is 0. The summed E-state index contributed by atoms with van der Waals surface area (Å²) in [6, 6.07) is 0. The molecule has 0 bridgehead atoms. The third-order valence-electron chi connectivity index (χ3n) is 0. The largest absolute Gasteiger partial charge is 0 e. The quantitative estimate of drug-likeness (QED) is 0.300. The molecule has 0 unspecified atom stereocenters. The third-order valence-corrected chi connectivity index (χ3v) is 0. The predicted octanol–water partition coefficient (Wildman–Crippen LogP) is -0.0225. The molecule has 0 aliphatic rings. The Bertz CT molecular complexity index is 4.53. The van der Waals surface area contributed by atoms with Crippen LogP contribution in [0.25, 0.3) is 0 Å². The second-order valence-corrected chi connectivity index (χ2v) is 0. The number of hydrogen-bond acceptors (Lipinski definition) is 0. The zero-order valence-electron chi connectivity index (χ0n) is 2.94. The van der Waals surface area contributed by atoms with Crippen LogP contribution in [0.3, 0.4) is 0 Å². The second kappa shape index (κ2) is 65.8. The molecule has 9 heteroatoms. The van der Waals surface area contributed by atoms with Crippen molar-refractivity contribution in [1.29, 1.82) is 0 Å². The van der Waals surface area contributed by atoms with Gasteiger partial charge in [0.2, 0.25) is 0 Å². The molecular weight excluding hydrogens is 947 g/mol. The van der Waals surface area contributed by atoms with Gasteiger partial charge in [0.25, 0.3) is 0 Å². The summed E-state index contributed by atoms with van der Waals surface area (Å²) in [5.74, 6) is 0. The van der Waals surface area contributed by atoms with Crippen molar-refractivity contribution in [1.82, 2.24) is 0 Å². The van der Waals surface area contributed by atoms with Gasteiger partial charge in [-0.05, 0) is 0 Å². The summed E-state index contributed by atoms with van der Waals surface area (Å²) in [5.41, 5.74) is 0. The molecule has 0 aromatic rings. The molecular formula is MoPd8. The van der Waals surface area contributed by atoms with Gasteiger partial charge in [-0.3, -0.25) is 0 Å². The molecule has 0 aliphatic heterocycles. The molecule has 0 aromatic carbocycles. The molecule has 0 heterocycles. The van der Waals surface area contributed by atoms with Crippen molar-refractivity contribution in [3.05, 3.63) is 0 Å². The fraction of sp³-hybridized carbons (Fsp3) is 0. The Morgan fingerprint density at radius 1 is 0.222 bits per heavy atom. The van der Waals surface area contributed by atoms with Gasteiger partial charge in [-0.1, -0.05) is 0 Å². The molecule has 0 aliphatic carbocycles. The molecule has 86 valence electrons. The first-order valence-electron chi connectivity index (χ1n) is 0. The maximum Gasteiger partial charge on any atom is 0 e. The van der Waals surface area contributed by atoms with Crippen molar-refractivity contribution >= 4 is 0 Å². The van der Waals surface area contributed by atoms with Crippen LogP contribution in [0.1, 0.15) is 0 Å². The van der Waals surface area contributed by atoms with E-state index in [2.05, 4.69) is 0 Å². The molecule has 0 saturated carbocycles. The molecule has 0 spiro atoms. The van der Waals surface area contributed by atoms with E-state index >= 15 is 0 Å². The summed E-state index contributed by atoms with van der Waals surface area (Å²) in [4.78, 5) is 0. The smallest absolute Gasteiger partial charge is 0 e. The Kier molecular flexibility index (Phi) is 598. The minimum absolute atomic E-state index is 0. The third kappa shape index (κ3) is 56.1. The van der Waals surface area contributed by atoms with E-state index in [-0.39, 0.29) is 184 Å². The van der Waals surface area contributed by atoms with Crippen LogP contribution < -0.4 is 0 Å². The minimum Gasteiger partial charge on any atom is 0 e. The number of rotatable bonds is 0. The van der Waals surface area contributed by atoms with Crippen molar-refractivity contribution in [3.63, 3.8) is 0 Å². The normalized spacial score (nSPS) is 0. The summed E-state index contributed by atoms with van der Waals surface area (Å²) >= 11 is 0. The van der Waals surface area contributed by atoms with Gasteiger partial charge in [-0.2, -0.15) is 0 Å². The molecule has 0 radical (unpaired) electrons. The van der Waals surface area contributed by atoms with Crippen LogP contribution in [-0.4, -0.2) is 0 Å². The molecule has 0 N–H and O–H groups in total. The Hall–Kier alpha value is 5.99. The van der Waals surface area contributed by atoms with Gasteiger partial charge in [-0.15, -0.1) is 0 Å². The summed E-state index contributed by atoms with van der Waals surface area (Å²) in [6.45, 7) is 0. The van der Waals surface area contributed by atoms with Gasteiger partial charge in [0.1, 0.15) is 0 Å². The fourth-order valence-corrected chi connectivity index (χ4v) is 0. The maximum atomic E-state index is 0. The van der Waals surface area contributed by atoms with Crippen LogP contribution >= 0.6 is 0 Å². The molecule has 0 saturated heterocycles. The zero-order chi connectivity index (χ0) is 0. The van der Waals surface area contributed by atoms with Gasteiger partial charge in [-0.25, -0.2) is 0 Å². The van der Waals surface area contributed by atoms with Gasteiger partial charge in [0.15, 0.2) is 0 Å². The van der Waals surface area contributed by atoms with Crippen LogP contribution in [-0.2, 0) is 184 Å². The van der Waals surface area contributed by atoms with Crippen molar-refractivity contribution < 1.29 is 184 Å². The SMILES string of the molecule is [Mo].[Pd].[Pd].[Pd].[Pd].[Pd].[Pd].[Pd].[Pd]. The predicted molar refractivity (Wildman–Crippen MR) is 0 cm³/mol. The maximum absolute atomic E-state index is 0. The van der Waals surface area contributed by atoms with E-state index in [1.807, 2.05) is 0 Å². The zero-order valence-corrected chi connectivity index (χ0v) is 17.4. The topological polar surface area (TPSA) is 0 Å². The van der Waals surface area contributed by atoms with Gasteiger partial charge in [0, 0.05) is 184 Å². The molecule has 0 nitrogen and oxygen atoms in total. The van der Waals surface area contributed by atoms with Crippen LogP contribution in [0.2, 0.25) is 0 Å². The Labute approximate surface area is 180 Å². The molecule has 9 heavy (non-hydrogen) atoms. The van der Waals surface area contributed by atoms with E-state index in [9.17, 15) is 0 Å². The van der Waals surface area contributed by atoms with E-state index < -0.39 is 0 Å². The standard InChI is InChI=1S/Mo.8Pd. The summed E-state index contributed by atoms with van der Waals surface area (Å²) in [5, 5.41) is 0. The van der Waals surface area contributed by atoms with Crippen LogP contribution in [0.4, 0.5) is 0 Å². The van der Waals surface area contributed by atoms with Gasteiger partial charge < -0.3 is 0 Å². The van der Waals surface area contributed by atoms with Gasteiger partial charge >= 0.3 is 0 Å². The average molecular weight is 947 g/mol. The first-order chi connectivity index (χ1) is 0. The minimum atomic E-state index is 0. The van der Waals surface area contributed by atoms with Crippen LogP contribution in [0.15, 0.2) is 0 Å². The van der Waals surface area contributed by atoms with Crippen LogP contribution in [0, 0.1) is 0 Å². The van der Waals surface area contributed by atoms with Crippen molar-refractivity contribution in [2.24, 2.45) is 0 Å². The van der Waals surface area contributed by atoms with Gasteiger partial charge in [0.05, 0.1) is 0 Å². The van der Waals surface area contributed by atoms with Crippen molar-refractivity contribution in [3.8, 4) is 0 Å². The second-order valence-electron chi connectivity index (χ2n) is 0. The van der Waals surface area contributed by atoms with E-state index in [1.165, 1.54) is 0 Å². The van der Waals surface area contributed by atoms with E-state index in [0.29, 0.717) is 0 Å². The molecule has 0 aromatic heterocycles. The van der Waals surface area contributed by atoms with E-state index in [0.717, 1.165) is 0 Å². The summed E-state index contributed by atoms with van der Waals surface area (Å²) in [7, 11) is 0. The summed E-state index contributed by atoms with van der Waals surface area (Å²) in [6.07, 6.45) is 0. The molecule has 0 amide bonds. The molecule has 0 atom stereocenters. The first kappa shape index (κ1) is 81.8. The monoisotopic (exact) mass is 945 g/mol. The van der Waals surface area contributed by atoms with Crippen molar-refractivity contribution in [2.45, 2.75) is 0 Å². The molecule has 0 fully saturated rings. The molecule has 0 rings (SSSR count). The van der Waals surface area contributed by atoms with E-state index in [1.54, 1.807) is 0 Å². The Balaban J connectivity index is 0. The van der Waals surface area contributed by atoms with E-state index in [4.69, 9.17) is 0 Å². The Morgan fingerprint density at radius 3 is 0.222 bits per heavy atom.